The van der Waals surface area contributed by atoms with Gasteiger partial charge in [0, 0.05) is 17.0 Å². The molecule has 1 fully saturated rings. The van der Waals surface area contributed by atoms with Crippen LogP contribution in [0.15, 0.2) is 11.7 Å². The zero-order valence-corrected chi connectivity index (χ0v) is 11.0. The molecule has 0 bridgehead atoms. The number of aliphatic carboxylic acids is 1. The quantitative estimate of drug-likeness (QED) is 0.929. The molecule has 102 valence electrons. The lowest BCUT2D eigenvalue weighted by Crippen LogP contribution is -2.32. The number of nitrogens with zero attached hydrogens (tertiary/aromatic N) is 1. The Balaban J connectivity index is 0.00000162. The third-order valence-corrected chi connectivity index (χ3v) is 4.08. The molecular formula is C10H12F3NO2S2. The lowest BCUT2D eigenvalue weighted by Gasteiger charge is -2.26. The van der Waals surface area contributed by atoms with Gasteiger partial charge >= 0.3 is 12.1 Å². The highest BCUT2D eigenvalue weighted by molar-refractivity contribution is 7.59. The van der Waals surface area contributed by atoms with Crippen LogP contribution in [-0.2, 0) is 4.79 Å². The van der Waals surface area contributed by atoms with Crippen LogP contribution in [0.5, 0.6) is 0 Å². The second-order valence-electron chi connectivity index (χ2n) is 4.21. The first-order chi connectivity index (χ1) is 7.87. The molecule has 1 N–H and O–H groups in total. The maximum Gasteiger partial charge on any atom is 0.395 e. The Morgan fingerprint density at radius 1 is 1.56 bits per heavy atom. The van der Waals surface area contributed by atoms with E-state index in [4.69, 9.17) is 5.11 Å². The highest BCUT2D eigenvalue weighted by Crippen LogP contribution is 2.66. The fourth-order valence-electron chi connectivity index (χ4n) is 2.10. The van der Waals surface area contributed by atoms with Crippen molar-refractivity contribution < 1.29 is 23.1 Å². The molecule has 0 aromatic carbocycles. The van der Waals surface area contributed by atoms with E-state index < -0.39 is 29.9 Å². The Labute approximate surface area is 112 Å². The molecule has 8 heteroatoms. The normalized spacial score (nSPS) is 18.8. The van der Waals surface area contributed by atoms with Gasteiger partial charge in [-0.1, -0.05) is 0 Å². The van der Waals surface area contributed by atoms with Gasteiger partial charge in [0.2, 0.25) is 0 Å². The number of carboxylic acid groups (broad SMARTS) is 1. The Hall–Kier alpha value is -0.760. The lowest BCUT2D eigenvalue weighted by molar-refractivity contribution is -0.195. The fourth-order valence-corrected chi connectivity index (χ4v) is 2.94. The summed E-state index contributed by atoms with van der Waals surface area (Å²) in [5.41, 5.74) is -0.422. The predicted octanol–water partition coefficient (Wildman–Crippen LogP) is 3.16. The minimum atomic E-state index is -4.35. The summed E-state index contributed by atoms with van der Waals surface area (Å²) in [6.45, 7) is 0. The van der Waals surface area contributed by atoms with Crippen molar-refractivity contribution in [2.24, 2.45) is 5.41 Å². The van der Waals surface area contributed by atoms with Crippen molar-refractivity contribution >= 4 is 30.8 Å². The van der Waals surface area contributed by atoms with Crippen molar-refractivity contribution in [3.05, 3.63) is 16.6 Å². The zero-order chi connectivity index (χ0) is 12.7. The van der Waals surface area contributed by atoms with Gasteiger partial charge in [-0.15, -0.1) is 11.3 Å². The van der Waals surface area contributed by atoms with Crippen LogP contribution in [-0.4, -0.2) is 22.2 Å². The van der Waals surface area contributed by atoms with Crippen LogP contribution in [0.2, 0.25) is 0 Å². The van der Waals surface area contributed by atoms with Gasteiger partial charge in [-0.25, -0.2) is 0 Å². The van der Waals surface area contributed by atoms with Gasteiger partial charge < -0.3 is 5.11 Å². The van der Waals surface area contributed by atoms with Gasteiger partial charge in [-0.3, -0.25) is 9.78 Å². The second-order valence-corrected chi connectivity index (χ2v) is 5.13. The molecule has 1 atom stereocenters. The fraction of sp³-hybridized carbons (Fsp3) is 0.600. The average molecular weight is 299 g/mol. The maximum absolute atomic E-state index is 13.0. The van der Waals surface area contributed by atoms with Gasteiger partial charge in [-0.05, 0) is 12.8 Å². The molecule has 1 aromatic heterocycles. The van der Waals surface area contributed by atoms with E-state index in [-0.39, 0.29) is 26.3 Å². The number of carbonyl (C=O) groups is 1. The largest absolute Gasteiger partial charge is 0.481 e. The van der Waals surface area contributed by atoms with Crippen LogP contribution in [0.4, 0.5) is 13.2 Å². The molecule has 1 saturated carbocycles. The molecule has 1 heterocycles. The molecule has 0 amide bonds. The minimum Gasteiger partial charge on any atom is -0.481 e. The van der Waals surface area contributed by atoms with E-state index in [9.17, 15) is 18.0 Å². The summed E-state index contributed by atoms with van der Waals surface area (Å²) in [5.74, 6) is -2.22. The van der Waals surface area contributed by atoms with Gasteiger partial charge in [0.05, 0.1) is 17.3 Å². The van der Waals surface area contributed by atoms with Crippen LogP contribution in [0.3, 0.4) is 0 Å². The van der Waals surface area contributed by atoms with Crippen molar-refractivity contribution in [1.29, 1.82) is 0 Å². The van der Waals surface area contributed by atoms with E-state index in [2.05, 4.69) is 4.98 Å². The molecule has 3 nitrogen and oxygen atoms in total. The van der Waals surface area contributed by atoms with Gasteiger partial charge in [0.15, 0.2) is 0 Å². The number of alkyl halides is 3. The summed E-state index contributed by atoms with van der Waals surface area (Å²) in [7, 11) is 0. The number of carboxylic acids is 1. The van der Waals surface area contributed by atoms with Gasteiger partial charge in [0.1, 0.15) is 0 Å². The molecule has 1 aliphatic carbocycles. The lowest BCUT2D eigenvalue weighted by atomic mass is 9.84. The Morgan fingerprint density at radius 2 is 2.17 bits per heavy atom. The van der Waals surface area contributed by atoms with Crippen molar-refractivity contribution in [2.45, 2.75) is 31.4 Å². The standard InChI is InChI=1S/C10H10F3NO2S.H2S/c11-10(12,13)9(1-2-9)6(3-8(15)16)7-4-14-5-17-7;/h4-6H,1-3H2,(H,15,16);1H2/t6-;/m1./s1. The summed E-state index contributed by atoms with van der Waals surface area (Å²) in [4.78, 5) is 14.9. The van der Waals surface area contributed by atoms with Crippen molar-refractivity contribution in [1.82, 2.24) is 4.98 Å². The van der Waals surface area contributed by atoms with Crippen LogP contribution >= 0.6 is 24.8 Å². The summed E-state index contributed by atoms with van der Waals surface area (Å²) >= 11 is 1.08. The number of rotatable bonds is 4. The molecule has 1 aromatic rings. The summed E-state index contributed by atoms with van der Waals surface area (Å²) in [6, 6.07) is 0. The van der Waals surface area contributed by atoms with Crippen LogP contribution in [0.1, 0.15) is 30.1 Å². The maximum atomic E-state index is 13.0. The van der Waals surface area contributed by atoms with Crippen LogP contribution < -0.4 is 0 Å². The molecular weight excluding hydrogens is 287 g/mol. The van der Waals surface area contributed by atoms with Crippen molar-refractivity contribution in [3.8, 4) is 0 Å². The number of thiazole rings is 1. The first kappa shape index (κ1) is 15.3. The van der Waals surface area contributed by atoms with Gasteiger partial charge in [0.25, 0.3) is 0 Å². The summed E-state index contributed by atoms with van der Waals surface area (Å²) < 4.78 is 38.9. The molecule has 0 aliphatic heterocycles. The molecule has 0 radical (unpaired) electrons. The first-order valence-corrected chi connectivity index (χ1v) is 5.92. The van der Waals surface area contributed by atoms with Crippen LogP contribution in [0, 0.1) is 5.41 Å². The third kappa shape index (κ3) is 2.64. The SMILES string of the molecule is O=C(O)C[C@H](c1cncs1)C1(C(F)(F)F)CC1.S. The topological polar surface area (TPSA) is 50.2 Å². The highest BCUT2D eigenvalue weighted by Gasteiger charge is 2.67. The molecule has 2 rings (SSSR count). The molecule has 0 saturated heterocycles. The monoisotopic (exact) mass is 299 g/mol. The first-order valence-electron chi connectivity index (χ1n) is 5.04. The van der Waals surface area contributed by atoms with Crippen LogP contribution in [0.25, 0.3) is 0 Å². The number of halogens is 3. The van der Waals surface area contributed by atoms with E-state index in [1.54, 1.807) is 0 Å². The van der Waals surface area contributed by atoms with E-state index >= 15 is 0 Å². The Kier molecular flexibility index (Phi) is 4.32. The highest BCUT2D eigenvalue weighted by atomic mass is 32.1. The Morgan fingerprint density at radius 3 is 2.50 bits per heavy atom. The van der Waals surface area contributed by atoms with Gasteiger partial charge in [-0.2, -0.15) is 26.7 Å². The molecule has 0 spiro atoms. The van der Waals surface area contributed by atoms with E-state index in [1.807, 2.05) is 0 Å². The molecule has 18 heavy (non-hydrogen) atoms. The number of hydrogen-bond acceptors (Lipinski definition) is 3. The van der Waals surface area contributed by atoms with E-state index in [1.165, 1.54) is 11.7 Å². The summed E-state index contributed by atoms with van der Waals surface area (Å²) in [6.07, 6.45) is -3.50. The summed E-state index contributed by atoms with van der Waals surface area (Å²) in [5, 5.41) is 8.76. The van der Waals surface area contributed by atoms with E-state index in [0.29, 0.717) is 4.88 Å². The molecule has 0 unspecified atom stereocenters. The van der Waals surface area contributed by atoms with Crippen molar-refractivity contribution in [3.63, 3.8) is 0 Å². The van der Waals surface area contributed by atoms with E-state index in [0.717, 1.165) is 11.3 Å². The predicted molar refractivity (Wildman–Crippen MR) is 65.2 cm³/mol. The number of aromatic nitrogens is 1. The Bertz CT molecular complexity index is 415. The third-order valence-electron chi connectivity index (χ3n) is 3.19. The smallest absolute Gasteiger partial charge is 0.395 e. The average Bonchev–Trinajstić information content (AvgIpc) is 2.83. The van der Waals surface area contributed by atoms with Crippen molar-refractivity contribution in [2.75, 3.05) is 0 Å². The molecule has 1 aliphatic rings. The zero-order valence-electron chi connectivity index (χ0n) is 9.20. The second kappa shape index (κ2) is 5.08. The number of hydrogen-bond donors (Lipinski definition) is 1. The minimum absolute atomic E-state index is 0.